The Labute approximate surface area is 147 Å². The number of likely N-dealkylation sites (tertiary alicyclic amines) is 1. The third-order valence-corrected chi connectivity index (χ3v) is 4.67. The largest absolute Gasteiger partial charge is 0.461 e. The van der Waals surface area contributed by atoms with Gasteiger partial charge in [0.15, 0.2) is 0 Å². The van der Waals surface area contributed by atoms with Gasteiger partial charge in [-0.25, -0.2) is 4.79 Å². The zero-order chi connectivity index (χ0) is 18.0. The molecule has 0 saturated carbocycles. The maximum atomic E-state index is 12.8. The van der Waals surface area contributed by atoms with Crippen molar-refractivity contribution in [3.8, 4) is 0 Å². The molecule has 0 bridgehead atoms. The summed E-state index contributed by atoms with van der Waals surface area (Å²) in [6, 6.07) is 3.53. The van der Waals surface area contributed by atoms with Crippen LogP contribution in [0.25, 0.3) is 0 Å². The van der Waals surface area contributed by atoms with Crippen LogP contribution in [0.3, 0.4) is 0 Å². The van der Waals surface area contributed by atoms with E-state index in [0.717, 1.165) is 41.4 Å². The van der Waals surface area contributed by atoms with Gasteiger partial charge in [0.2, 0.25) is 0 Å². The van der Waals surface area contributed by atoms with E-state index in [9.17, 15) is 4.79 Å². The van der Waals surface area contributed by atoms with Gasteiger partial charge in [0.1, 0.15) is 23.9 Å². The van der Waals surface area contributed by atoms with Crippen LogP contribution in [0.1, 0.15) is 60.4 Å². The van der Waals surface area contributed by atoms with Crippen LogP contribution in [0.5, 0.6) is 0 Å². The maximum absolute atomic E-state index is 12.8. The molecule has 2 aromatic heterocycles. The molecule has 0 spiro atoms. The molecule has 1 fully saturated rings. The molecule has 0 unspecified atom stereocenters. The SMILES string of the molecule is COCc1ccc([C@@H]2CCCN2C(=O)N[C@H](C)c2c(C)noc2C)o1. The molecule has 25 heavy (non-hydrogen) atoms. The zero-order valence-electron chi connectivity index (χ0n) is 15.2. The summed E-state index contributed by atoms with van der Waals surface area (Å²) in [7, 11) is 1.63. The van der Waals surface area contributed by atoms with Crippen LogP contribution >= 0.6 is 0 Å². The van der Waals surface area contributed by atoms with Crippen LogP contribution in [0.4, 0.5) is 4.79 Å². The monoisotopic (exact) mass is 347 g/mol. The predicted octanol–water partition coefficient (Wildman–Crippen LogP) is 3.64. The van der Waals surface area contributed by atoms with Crippen LogP contribution in [0.2, 0.25) is 0 Å². The molecule has 1 N–H and O–H groups in total. The first-order chi connectivity index (χ1) is 12.0. The molecule has 3 rings (SSSR count). The molecule has 1 saturated heterocycles. The van der Waals surface area contributed by atoms with Crippen LogP contribution in [-0.4, -0.2) is 29.7 Å². The lowest BCUT2D eigenvalue weighted by molar-refractivity contribution is 0.155. The third kappa shape index (κ3) is 3.56. The number of hydrogen-bond acceptors (Lipinski definition) is 5. The van der Waals surface area contributed by atoms with Crippen molar-refractivity contribution in [2.45, 2.75) is 52.3 Å². The predicted molar refractivity (Wildman–Crippen MR) is 91.0 cm³/mol. The van der Waals surface area contributed by atoms with Gasteiger partial charge in [0.25, 0.3) is 0 Å². The number of hydrogen-bond donors (Lipinski definition) is 1. The molecular weight excluding hydrogens is 322 g/mol. The number of rotatable bonds is 5. The Morgan fingerprint density at radius 1 is 1.48 bits per heavy atom. The summed E-state index contributed by atoms with van der Waals surface area (Å²) in [5.41, 5.74) is 1.74. The zero-order valence-corrected chi connectivity index (χ0v) is 15.2. The summed E-state index contributed by atoms with van der Waals surface area (Å²) < 4.78 is 16.1. The van der Waals surface area contributed by atoms with Crippen molar-refractivity contribution in [1.82, 2.24) is 15.4 Å². The van der Waals surface area contributed by atoms with Gasteiger partial charge in [-0.15, -0.1) is 0 Å². The number of nitrogens with zero attached hydrogens (tertiary/aromatic N) is 2. The first-order valence-corrected chi connectivity index (χ1v) is 8.58. The smallest absolute Gasteiger partial charge is 0.318 e. The van der Waals surface area contributed by atoms with Gasteiger partial charge in [0.05, 0.1) is 17.8 Å². The van der Waals surface area contributed by atoms with E-state index in [1.165, 1.54) is 0 Å². The summed E-state index contributed by atoms with van der Waals surface area (Å²) >= 11 is 0. The van der Waals surface area contributed by atoms with Crippen molar-refractivity contribution >= 4 is 6.03 Å². The molecule has 2 amide bonds. The van der Waals surface area contributed by atoms with Crippen molar-refractivity contribution in [3.05, 3.63) is 40.7 Å². The second-order valence-electron chi connectivity index (χ2n) is 6.50. The highest BCUT2D eigenvalue weighted by atomic mass is 16.5. The number of furan rings is 1. The second kappa shape index (κ2) is 7.31. The second-order valence-corrected chi connectivity index (χ2v) is 6.50. The van der Waals surface area contributed by atoms with Gasteiger partial charge in [-0.2, -0.15) is 0 Å². The number of carbonyl (C=O) groups excluding carboxylic acids is 1. The molecule has 3 heterocycles. The molecule has 136 valence electrons. The number of amides is 2. The fraction of sp³-hybridized carbons (Fsp3) is 0.556. The first-order valence-electron chi connectivity index (χ1n) is 8.58. The van der Waals surface area contributed by atoms with Crippen LogP contribution in [0.15, 0.2) is 21.1 Å². The van der Waals surface area contributed by atoms with Gasteiger partial charge in [-0.3, -0.25) is 0 Å². The molecule has 1 aliphatic rings. The molecule has 1 aliphatic heterocycles. The Kier molecular flexibility index (Phi) is 5.13. The van der Waals surface area contributed by atoms with E-state index in [1.807, 2.05) is 37.8 Å². The van der Waals surface area contributed by atoms with E-state index < -0.39 is 0 Å². The lowest BCUT2D eigenvalue weighted by Crippen LogP contribution is -2.40. The maximum Gasteiger partial charge on any atom is 0.318 e. The highest BCUT2D eigenvalue weighted by Gasteiger charge is 2.33. The number of ether oxygens (including phenoxy) is 1. The minimum atomic E-state index is -0.166. The van der Waals surface area contributed by atoms with Crippen LogP contribution < -0.4 is 5.32 Å². The lowest BCUT2D eigenvalue weighted by Gasteiger charge is -2.25. The normalized spacial score (nSPS) is 18.6. The van der Waals surface area contributed by atoms with Crippen LogP contribution in [-0.2, 0) is 11.3 Å². The Morgan fingerprint density at radius 3 is 2.96 bits per heavy atom. The van der Waals surface area contributed by atoms with Gasteiger partial charge in [-0.05, 0) is 45.7 Å². The Hall–Kier alpha value is -2.28. The summed E-state index contributed by atoms with van der Waals surface area (Å²) in [5, 5.41) is 7.02. The summed E-state index contributed by atoms with van der Waals surface area (Å²) in [6.45, 7) is 6.83. The molecule has 0 aliphatic carbocycles. The van der Waals surface area contributed by atoms with Crippen LogP contribution in [0, 0.1) is 13.8 Å². The first kappa shape index (κ1) is 17.5. The number of methoxy groups -OCH3 is 1. The average Bonchev–Trinajstić information content (AvgIpc) is 3.27. The average molecular weight is 347 g/mol. The Morgan fingerprint density at radius 2 is 2.28 bits per heavy atom. The molecule has 0 radical (unpaired) electrons. The van der Waals surface area contributed by atoms with Crippen molar-refractivity contribution in [2.24, 2.45) is 0 Å². The fourth-order valence-corrected chi connectivity index (χ4v) is 3.55. The van der Waals surface area contributed by atoms with Crippen molar-refractivity contribution < 1.29 is 18.5 Å². The molecule has 7 nitrogen and oxygen atoms in total. The highest BCUT2D eigenvalue weighted by molar-refractivity contribution is 5.75. The topological polar surface area (TPSA) is 80.7 Å². The molecule has 2 aromatic rings. The third-order valence-electron chi connectivity index (χ3n) is 4.67. The van der Waals surface area contributed by atoms with Gasteiger partial charge >= 0.3 is 6.03 Å². The minimum absolute atomic E-state index is 0.0394. The van der Waals surface area contributed by atoms with E-state index in [1.54, 1.807) is 7.11 Å². The van der Waals surface area contributed by atoms with E-state index >= 15 is 0 Å². The number of nitrogens with one attached hydrogen (secondary N) is 1. The minimum Gasteiger partial charge on any atom is -0.461 e. The lowest BCUT2D eigenvalue weighted by atomic mass is 10.1. The van der Waals surface area contributed by atoms with E-state index in [2.05, 4.69) is 10.5 Å². The van der Waals surface area contributed by atoms with E-state index in [-0.39, 0.29) is 18.1 Å². The fourth-order valence-electron chi connectivity index (χ4n) is 3.55. The van der Waals surface area contributed by atoms with Crippen molar-refractivity contribution in [1.29, 1.82) is 0 Å². The molecule has 2 atom stereocenters. The van der Waals surface area contributed by atoms with Crippen molar-refractivity contribution in [3.63, 3.8) is 0 Å². The van der Waals surface area contributed by atoms with Crippen molar-refractivity contribution in [2.75, 3.05) is 13.7 Å². The van der Waals surface area contributed by atoms with E-state index in [4.69, 9.17) is 13.7 Å². The number of aromatic nitrogens is 1. The number of urea groups is 1. The van der Waals surface area contributed by atoms with Gasteiger partial charge in [0, 0.05) is 19.2 Å². The highest BCUT2D eigenvalue weighted by Crippen LogP contribution is 2.33. The summed E-state index contributed by atoms with van der Waals surface area (Å²) in [4.78, 5) is 14.6. The Bertz CT molecular complexity index is 717. The molecule has 0 aromatic carbocycles. The van der Waals surface area contributed by atoms with Gasteiger partial charge < -0.3 is 23.9 Å². The quantitative estimate of drug-likeness (QED) is 0.893. The summed E-state index contributed by atoms with van der Waals surface area (Å²) in [6.07, 6.45) is 1.85. The summed E-state index contributed by atoms with van der Waals surface area (Å²) in [5.74, 6) is 2.32. The Balaban J connectivity index is 1.70. The number of aryl methyl sites for hydroxylation is 2. The molecule has 7 heteroatoms. The number of carbonyl (C=O) groups is 1. The van der Waals surface area contributed by atoms with E-state index in [0.29, 0.717) is 13.2 Å². The standard InChI is InChI=1S/C18H25N3O4/c1-11(17-12(2)20-25-13(17)3)19-18(22)21-9-5-6-15(21)16-8-7-14(24-16)10-23-4/h7-8,11,15H,5-6,9-10H2,1-4H3,(H,19,22)/t11-,15+/m1/s1. The van der Waals surface area contributed by atoms with Gasteiger partial charge in [-0.1, -0.05) is 5.16 Å². The molecular formula is C18H25N3O4.